The van der Waals surface area contributed by atoms with Gasteiger partial charge in [0.25, 0.3) is 0 Å². The lowest BCUT2D eigenvalue weighted by Gasteiger charge is -2.39. The van der Waals surface area contributed by atoms with Crippen molar-refractivity contribution in [3.8, 4) is 0 Å². The molecule has 1 aliphatic heterocycles. The van der Waals surface area contributed by atoms with Crippen LogP contribution in [0.5, 0.6) is 0 Å². The van der Waals surface area contributed by atoms with Crippen LogP contribution in [0.2, 0.25) is 0 Å². The number of unbranched alkanes of at least 4 members (excludes halogenated alkanes) is 1. The second-order valence-corrected chi connectivity index (χ2v) is 6.22. The van der Waals surface area contributed by atoms with Crippen LogP contribution in [-0.4, -0.2) is 47.6 Å². The third-order valence-electron chi connectivity index (χ3n) is 3.62. The summed E-state index contributed by atoms with van der Waals surface area (Å²) in [5, 5.41) is 0. The van der Waals surface area contributed by atoms with Crippen LogP contribution >= 0.6 is 0 Å². The third kappa shape index (κ3) is 4.06. The maximum absolute atomic E-state index is 2.67. The zero-order valence-corrected chi connectivity index (χ0v) is 11.9. The smallest absolute Gasteiger partial charge is 0.0200 e. The van der Waals surface area contributed by atoms with Gasteiger partial charge in [0.2, 0.25) is 0 Å². The first-order valence-electron chi connectivity index (χ1n) is 6.94. The highest BCUT2D eigenvalue weighted by molar-refractivity contribution is 4.85. The quantitative estimate of drug-likeness (QED) is 0.730. The minimum absolute atomic E-state index is 0.320. The van der Waals surface area contributed by atoms with Gasteiger partial charge in [-0.05, 0) is 53.6 Å². The number of nitrogens with zero attached hydrogens (tertiary/aromatic N) is 2. The fraction of sp³-hybridized carbons (Fsp3) is 1.00. The first-order valence-corrected chi connectivity index (χ1v) is 6.94. The molecule has 0 aromatic carbocycles. The summed E-state index contributed by atoms with van der Waals surface area (Å²) in [6, 6.07) is 0.694. The average Bonchev–Trinajstić information content (AvgIpc) is 2.35. The molecular weight excluding hydrogens is 196 g/mol. The molecule has 0 aromatic rings. The molecule has 1 aliphatic rings. The zero-order valence-electron chi connectivity index (χ0n) is 11.9. The van der Waals surface area contributed by atoms with Gasteiger partial charge in [0.05, 0.1) is 0 Å². The first-order chi connectivity index (χ1) is 7.45. The second kappa shape index (κ2) is 6.02. The molecule has 1 saturated heterocycles. The molecule has 0 amide bonds. The SMILES string of the molecule is CCCCN1CCCN(C(C)(C)C)C(C)C1. The predicted octanol–water partition coefficient (Wildman–Crippen LogP) is 2.98. The Bertz CT molecular complexity index is 195. The van der Waals surface area contributed by atoms with Crippen molar-refractivity contribution in [3.63, 3.8) is 0 Å². The Balaban J connectivity index is 2.52. The van der Waals surface area contributed by atoms with Crippen LogP contribution in [0.4, 0.5) is 0 Å². The lowest BCUT2D eigenvalue weighted by Crippen LogP contribution is -2.49. The minimum Gasteiger partial charge on any atom is -0.302 e. The third-order valence-corrected chi connectivity index (χ3v) is 3.62. The molecule has 1 rings (SSSR count). The Kier molecular flexibility index (Phi) is 5.26. The summed E-state index contributed by atoms with van der Waals surface area (Å²) in [4.78, 5) is 5.32. The molecule has 1 unspecified atom stereocenters. The normalized spacial score (nSPS) is 25.7. The molecule has 0 spiro atoms. The summed E-state index contributed by atoms with van der Waals surface area (Å²) in [5.74, 6) is 0. The summed E-state index contributed by atoms with van der Waals surface area (Å²) >= 11 is 0. The van der Waals surface area contributed by atoms with Crippen molar-refractivity contribution in [1.29, 1.82) is 0 Å². The van der Waals surface area contributed by atoms with Gasteiger partial charge in [-0.15, -0.1) is 0 Å². The summed E-state index contributed by atoms with van der Waals surface area (Å²) < 4.78 is 0. The van der Waals surface area contributed by atoms with Crippen molar-refractivity contribution >= 4 is 0 Å². The van der Waals surface area contributed by atoms with E-state index in [0.29, 0.717) is 11.6 Å². The molecule has 1 heterocycles. The monoisotopic (exact) mass is 226 g/mol. The Morgan fingerprint density at radius 2 is 1.88 bits per heavy atom. The highest BCUT2D eigenvalue weighted by atomic mass is 15.3. The molecule has 1 atom stereocenters. The summed E-state index contributed by atoms with van der Waals surface area (Å²) in [6.07, 6.45) is 3.99. The molecule has 0 saturated carbocycles. The Hall–Kier alpha value is -0.0800. The van der Waals surface area contributed by atoms with Crippen LogP contribution < -0.4 is 0 Å². The molecule has 0 N–H and O–H groups in total. The van der Waals surface area contributed by atoms with Crippen LogP contribution in [0.25, 0.3) is 0 Å². The van der Waals surface area contributed by atoms with Gasteiger partial charge in [0.1, 0.15) is 0 Å². The molecule has 2 heteroatoms. The van der Waals surface area contributed by atoms with Gasteiger partial charge in [-0.25, -0.2) is 0 Å². The van der Waals surface area contributed by atoms with Gasteiger partial charge < -0.3 is 4.90 Å². The second-order valence-electron chi connectivity index (χ2n) is 6.22. The molecular formula is C14H30N2. The van der Waals surface area contributed by atoms with Gasteiger partial charge in [-0.3, -0.25) is 4.90 Å². The maximum Gasteiger partial charge on any atom is 0.0200 e. The van der Waals surface area contributed by atoms with E-state index in [-0.39, 0.29) is 0 Å². The van der Waals surface area contributed by atoms with Gasteiger partial charge in [-0.2, -0.15) is 0 Å². The summed E-state index contributed by atoms with van der Waals surface area (Å²) in [5.41, 5.74) is 0.320. The Labute approximate surface area is 102 Å². The van der Waals surface area contributed by atoms with Crippen LogP contribution in [0.15, 0.2) is 0 Å². The van der Waals surface area contributed by atoms with Gasteiger partial charge in [0, 0.05) is 24.7 Å². The van der Waals surface area contributed by atoms with Gasteiger partial charge in [-0.1, -0.05) is 13.3 Å². The highest BCUT2D eigenvalue weighted by Gasteiger charge is 2.29. The summed E-state index contributed by atoms with van der Waals surface area (Å²) in [6.45, 7) is 16.8. The largest absolute Gasteiger partial charge is 0.302 e. The van der Waals surface area contributed by atoms with E-state index in [0.717, 1.165) is 0 Å². The van der Waals surface area contributed by atoms with Crippen LogP contribution in [0.1, 0.15) is 53.9 Å². The fourth-order valence-corrected chi connectivity index (χ4v) is 2.83. The molecule has 0 aliphatic carbocycles. The molecule has 0 bridgehead atoms. The average molecular weight is 226 g/mol. The van der Waals surface area contributed by atoms with E-state index in [2.05, 4.69) is 44.4 Å². The number of hydrogen-bond acceptors (Lipinski definition) is 2. The van der Waals surface area contributed by atoms with Crippen molar-refractivity contribution in [2.45, 2.75) is 65.5 Å². The van der Waals surface area contributed by atoms with E-state index < -0.39 is 0 Å². The molecule has 0 radical (unpaired) electrons. The summed E-state index contributed by atoms with van der Waals surface area (Å²) in [7, 11) is 0. The lowest BCUT2D eigenvalue weighted by molar-refractivity contribution is 0.0897. The topological polar surface area (TPSA) is 6.48 Å². The molecule has 96 valence electrons. The van der Waals surface area contributed by atoms with Crippen molar-refractivity contribution in [3.05, 3.63) is 0 Å². The van der Waals surface area contributed by atoms with E-state index in [4.69, 9.17) is 0 Å². The van der Waals surface area contributed by atoms with E-state index >= 15 is 0 Å². The van der Waals surface area contributed by atoms with E-state index in [1.54, 1.807) is 0 Å². The standard InChI is InChI=1S/C14H30N2/c1-6-7-9-15-10-8-11-16(13(2)12-15)14(3,4)5/h13H,6-12H2,1-5H3. The predicted molar refractivity (Wildman–Crippen MR) is 71.9 cm³/mol. The van der Waals surface area contributed by atoms with Crippen LogP contribution in [0.3, 0.4) is 0 Å². The molecule has 16 heavy (non-hydrogen) atoms. The Morgan fingerprint density at radius 1 is 1.19 bits per heavy atom. The first kappa shape index (κ1) is 14.0. The molecule has 0 aromatic heterocycles. The van der Waals surface area contributed by atoms with Crippen molar-refractivity contribution in [2.24, 2.45) is 0 Å². The van der Waals surface area contributed by atoms with Crippen molar-refractivity contribution in [1.82, 2.24) is 9.80 Å². The zero-order chi connectivity index (χ0) is 12.2. The molecule has 2 nitrogen and oxygen atoms in total. The number of hydrogen-bond donors (Lipinski definition) is 0. The Morgan fingerprint density at radius 3 is 2.44 bits per heavy atom. The lowest BCUT2D eigenvalue weighted by atomic mass is 10.0. The molecule has 1 fully saturated rings. The van der Waals surface area contributed by atoms with E-state index in [1.165, 1.54) is 45.4 Å². The highest BCUT2D eigenvalue weighted by Crippen LogP contribution is 2.20. The van der Waals surface area contributed by atoms with Gasteiger partial charge >= 0.3 is 0 Å². The van der Waals surface area contributed by atoms with E-state index in [1.807, 2.05) is 0 Å². The van der Waals surface area contributed by atoms with Crippen LogP contribution in [0, 0.1) is 0 Å². The fourth-order valence-electron chi connectivity index (χ4n) is 2.83. The van der Waals surface area contributed by atoms with Crippen LogP contribution in [-0.2, 0) is 0 Å². The minimum atomic E-state index is 0.320. The number of rotatable bonds is 3. The van der Waals surface area contributed by atoms with Gasteiger partial charge in [0.15, 0.2) is 0 Å². The van der Waals surface area contributed by atoms with Crippen molar-refractivity contribution < 1.29 is 0 Å². The van der Waals surface area contributed by atoms with Crippen molar-refractivity contribution in [2.75, 3.05) is 26.2 Å². The maximum atomic E-state index is 2.67. The van der Waals surface area contributed by atoms with E-state index in [9.17, 15) is 0 Å².